The number of anilines is 1. The standard InChI is InChI=1S/C21H21N3O3S/c1-2-27-20(26)11-17-14-28-21(23-17)24-22-12-15-7-3-5-9-18(15)19-10-6-4-8-16(19)13-25/h3-10,12,14,25H,2,11,13H2,1H3,(H,23,24). The van der Waals surface area contributed by atoms with Crippen LogP contribution in [0.15, 0.2) is 59.0 Å². The molecule has 0 fully saturated rings. The summed E-state index contributed by atoms with van der Waals surface area (Å²) in [6, 6.07) is 15.6. The Kier molecular flexibility index (Phi) is 6.89. The molecule has 1 aromatic heterocycles. The Morgan fingerprint density at radius 1 is 1.21 bits per heavy atom. The van der Waals surface area contributed by atoms with Crippen molar-refractivity contribution in [3.63, 3.8) is 0 Å². The lowest BCUT2D eigenvalue weighted by molar-refractivity contribution is -0.142. The number of hydrogen-bond acceptors (Lipinski definition) is 7. The van der Waals surface area contributed by atoms with Gasteiger partial charge in [-0.3, -0.25) is 10.2 Å². The topological polar surface area (TPSA) is 83.8 Å². The van der Waals surface area contributed by atoms with Gasteiger partial charge in [-0.2, -0.15) is 5.10 Å². The highest BCUT2D eigenvalue weighted by Crippen LogP contribution is 2.26. The minimum absolute atomic E-state index is 0.0255. The third kappa shape index (κ3) is 5.03. The predicted molar refractivity (Wildman–Crippen MR) is 111 cm³/mol. The molecule has 0 radical (unpaired) electrons. The van der Waals surface area contributed by atoms with Crippen LogP contribution in [0.1, 0.15) is 23.7 Å². The highest BCUT2D eigenvalue weighted by atomic mass is 32.1. The number of hydrogen-bond donors (Lipinski definition) is 2. The van der Waals surface area contributed by atoms with E-state index in [1.165, 1.54) is 11.3 Å². The fourth-order valence-corrected chi connectivity index (χ4v) is 3.39. The van der Waals surface area contributed by atoms with Crippen LogP contribution in [0, 0.1) is 0 Å². The number of hydrazone groups is 1. The largest absolute Gasteiger partial charge is 0.466 e. The molecular formula is C21H21N3O3S. The van der Waals surface area contributed by atoms with E-state index < -0.39 is 0 Å². The zero-order valence-corrected chi connectivity index (χ0v) is 16.3. The maximum Gasteiger partial charge on any atom is 0.311 e. The van der Waals surface area contributed by atoms with Gasteiger partial charge >= 0.3 is 5.97 Å². The number of rotatable bonds is 8. The number of thiazole rings is 1. The molecule has 0 spiro atoms. The second kappa shape index (κ2) is 9.77. The number of aliphatic hydroxyl groups is 1. The molecule has 7 heteroatoms. The lowest BCUT2D eigenvalue weighted by atomic mass is 9.96. The number of nitrogens with zero attached hydrogens (tertiary/aromatic N) is 2. The van der Waals surface area contributed by atoms with Crippen molar-refractivity contribution in [2.75, 3.05) is 12.0 Å². The van der Waals surface area contributed by atoms with E-state index in [4.69, 9.17) is 4.74 Å². The van der Waals surface area contributed by atoms with Crippen molar-refractivity contribution in [1.29, 1.82) is 0 Å². The molecule has 3 rings (SSSR count). The van der Waals surface area contributed by atoms with Crippen LogP contribution >= 0.6 is 11.3 Å². The molecule has 0 saturated heterocycles. The first-order valence-corrected chi connectivity index (χ1v) is 9.76. The molecule has 6 nitrogen and oxygen atoms in total. The summed E-state index contributed by atoms with van der Waals surface area (Å²) < 4.78 is 4.93. The van der Waals surface area contributed by atoms with Gasteiger partial charge in [-0.25, -0.2) is 4.98 Å². The van der Waals surface area contributed by atoms with Gasteiger partial charge < -0.3 is 9.84 Å². The second-order valence-corrected chi connectivity index (χ2v) is 6.76. The molecule has 0 unspecified atom stereocenters. The number of carbonyl (C=O) groups is 1. The minimum Gasteiger partial charge on any atom is -0.466 e. The van der Waals surface area contributed by atoms with Gasteiger partial charge in [0.1, 0.15) is 0 Å². The Labute approximate surface area is 167 Å². The summed E-state index contributed by atoms with van der Waals surface area (Å²) in [5.74, 6) is -0.292. The maximum atomic E-state index is 11.5. The Hall–Kier alpha value is -3.03. The number of aliphatic hydroxyl groups excluding tert-OH is 1. The van der Waals surface area contributed by atoms with E-state index in [9.17, 15) is 9.90 Å². The van der Waals surface area contributed by atoms with Crippen molar-refractivity contribution in [1.82, 2.24) is 4.98 Å². The average Bonchev–Trinajstić information content (AvgIpc) is 3.15. The molecular weight excluding hydrogens is 374 g/mol. The molecule has 0 aliphatic carbocycles. The molecule has 2 aromatic carbocycles. The molecule has 1 heterocycles. The summed E-state index contributed by atoms with van der Waals surface area (Å²) in [6.07, 6.45) is 1.87. The number of nitrogens with one attached hydrogen (secondary N) is 1. The van der Waals surface area contributed by atoms with Crippen LogP contribution in [0.3, 0.4) is 0 Å². The normalized spacial score (nSPS) is 10.9. The Morgan fingerprint density at radius 3 is 2.75 bits per heavy atom. The smallest absolute Gasteiger partial charge is 0.311 e. The van der Waals surface area contributed by atoms with Crippen molar-refractivity contribution < 1.29 is 14.6 Å². The van der Waals surface area contributed by atoms with Crippen LogP contribution in [0.2, 0.25) is 0 Å². The monoisotopic (exact) mass is 395 g/mol. The van der Waals surface area contributed by atoms with Gasteiger partial charge in [-0.15, -0.1) is 11.3 Å². The van der Waals surface area contributed by atoms with Crippen LogP contribution in [-0.4, -0.2) is 28.9 Å². The number of benzene rings is 2. The summed E-state index contributed by atoms with van der Waals surface area (Å²) >= 11 is 1.37. The van der Waals surface area contributed by atoms with Gasteiger partial charge in [0.2, 0.25) is 5.13 Å². The molecule has 0 amide bonds. The fraction of sp³-hybridized carbons (Fsp3) is 0.190. The van der Waals surface area contributed by atoms with Crippen LogP contribution in [0.5, 0.6) is 0 Å². The molecule has 28 heavy (non-hydrogen) atoms. The molecule has 0 saturated carbocycles. The van der Waals surface area contributed by atoms with E-state index in [1.807, 2.05) is 48.5 Å². The molecule has 144 valence electrons. The first kappa shape index (κ1) is 19.7. The summed E-state index contributed by atoms with van der Waals surface area (Å²) in [7, 11) is 0. The zero-order chi connectivity index (χ0) is 19.8. The van der Waals surface area contributed by atoms with Gasteiger partial charge in [0, 0.05) is 10.9 Å². The molecule has 0 aliphatic rings. The SMILES string of the molecule is CCOC(=O)Cc1csc(NN=Cc2ccccc2-c2ccccc2CO)n1. The fourth-order valence-electron chi connectivity index (χ4n) is 2.73. The number of aromatic nitrogens is 1. The van der Waals surface area contributed by atoms with Crippen LogP contribution in [0.4, 0.5) is 5.13 Å². The number of carbonyl (C=O) groups excluding carboxylic acids is 1. The Balaban J connectivity index is 1.72. The quantitative estimate of drug-likeness (QED) is 0.344. The van der Waals surface area contributed by atoms with Crippen molar-refractivity contribution in [2.24, 2.45) is 5.10 Å². The third-order valence-corrected chi connectivity index (χ3v) is 4.78. The Bertz CT molecular complexity index is 969. The summed E-state index contributed by atoms with van der Waals surface area (Å²) in [5.41, 5.74) is 7.29. The van der Waals surface area contributed by atoms with Gasteiger partial charge in [0.05, 0.1) is 31.5 Å². The average molecular weight is 395 g/mol. The van der Waals surface area contributed by atoms with Crippen LogP contribution < -0.4 is 5.43 Å². The van der Waals surface area contributed by atoms with Gasteiger partial charge in [0.25, 0.3) is 0 Å². The maximum absolute atomic E-state index is 11.5. The molecule has 0 atom stereocenters. The molecule has 0 aliphatic heterocycles. The van der Waals surface area contributed by atoms with Gasteiger partial charge in [-0.1, -0.05) is 48.5 Å². The Morgan fingerprint density at radius 2 is 1.96 bits per heavy atom. The third-order valence-electron chi connectivity index (χ3n) is 3.99. The van der Waals surface area contributed by atoms with E-state index in [0.29, 0.717) is 17.4 Å². The van der Waals surface area contributed by atoms with E-state index in [2.05, 4.69) is 15.5 Å². The van der Waals surface area contributed by atoms with Crippen molar-refractivity contribution in [3.8, 4) is 11.1 Å². The van der Waals surface area contributed by atoms with Gasteiger partial charge in [0.15, 0.2) is 0 Å². The summed E-state index contributed by atoms with van der Waals surface area (Å²) in [4.78, 5) is 15.9. The van der Waals surface area contributed by atoms with E-state index in [1.54, 1.807) is 18.5 Å². The highest BCUT2D eigenvalue weighted by molar-refractivity contribution is 7.13. The summed E-state index contributed by atoms with van der Waals surface area (Å²) in [6.45, 7) is 2.11. The van der Waals surface area contributed by atoms with Crippen molar-refractivity contribution >= 4 is 28.7 Å². The predicted octanol–water partition coefficient (Wildman–Crippen LogP) is 3.85. The van der Waals surface area contributed by atoms with Gasteiger partial charge in [-0.05, 0) is 23.6 Å². The molecule has 3 aromatic rings. The van der Waals surface area contributed by atoms with E-state index in [-0.39, 0.29) is 19.0 Å². The van der Waals surface area contributed by atoms with E-state index >= 15 is 0 Å². The number of ether oxygens (including phenoxy) is 1. The molecule has 0 bridgehead atoms. The summed E-state index contributed by atoms with van der Waals surface area (Å²) in [5, 5.41) is 16.3. The highest BCUT2D eigenvalue weighted by Gasteiger charge is 2.09. The first-order valence-electron chi connectivity index (χ1n) is 8.88. The number of esters is 1. The van der Waals surface area contributed by atoms with Crippen molar-refractivity contribution in [2.45, 2.75) is 20.0 Å². The van der Waals surface area contributed by atoms with Crippen LogP contribution in [0.25, 0.3) is 11.1 Å². The molecule has 2 N–H and O–H groups in total. The van der Waals surface area contributed by atoms with Crippen LogP contribution in [-0.2, 0) is 22.6 Å². The lowest BCUT2D eigenvalue weighted by Gasteiger charge is -2.10. The van der Waals surface area contributed by atoms with E-state index in [0.717, 1.165) is 22.3 Å². The zero-order valence-electron chi connectivity index (χ0n) is 15.5. The minimum atomic E-state index is -0.292. The van der Waals surface area contributed by atoms with Crippen molar-refractivity contribution in [3.05, 3.63) is 70.7 Å². The first-order chi connectivity index (χ1) is 13.7. The lowest BCUT2D eigenvalue weighted by Crippen LogP contribution is -2.07. The second-order valence-electron chi connectivity index (χ2n) is 5.90.